The van der Waals surface area contributed by atoms with Gasteiger partial charge in [-0.05, 0) is 67.1 Å². The third-order valence-electron chi connectivity index (χ3n) is 4.06. The smallest absolute Gasteiger partial charge is 0.261 e. The number of hydrogen-bond acceptors (Lipinski definition) is 4. The van der Waals surface area contributed by atoms with Crippen LogP contribution in [0.25, 0.3) is 0 Å². The molecule has 0 aliphatic carbocycles. The van der Waals surface area contributed by atoms with Gasteiger partial charge in [-0.1, -0.05) is 6.07 Å². The average Bonchev–Trinajstić information content (AvgIpc) is 2.69. The van der Waals surface area contributed by atoms with Crippen molar-refractivity contribution in [1.82, 2.24) is 10.3 Å². The number of nitrogens with one attached hydrogen (secondary N) is 2. The fraction of sp³-hybridized carbons (Fsp3) is 0.100. The fourth-order valence-electron chi connectivity index (χ4n) is 2.49. The van der Waals surface area contributed by atoms with Gasteiger partial charge < -0.3 is 5.32 Å². The van der Waals surface area contributed by atoms with Crippen molar-refractivity contribution in [2.24, 2.45) is 0 Å². The molecule has 3 aromatic rings. The molecule has 3 rings (SSSR count). The van der Waals surface area contributed by atoms with Crippen LogP contribution in [0, 0.1) is 12.7 Å². The number of carbonyl (C=O) groups is 1. The number of sulfonamides is 1. The first kappa shape index (κ1) is 19.5. The number of halogens is 1. The van der Waals surface area contributed by atoms with E-state index in [0.717, 1.165) is 23.4 Å². The van der Waals surface area contributed by atoms with Crippen LogP contribution in [0.4, 0.5) is 10.1 Å². The molecular formula is C20H18FN3O3S. The number of rotatable bonds is 6. The van der Waals surface area contributed by atoms with Crippen LogP contribution >= 0.6 is 0 Å². The summed E-state index contributed by atoms with van der Waals surface area (Å²) in [5.41, 5.74) is 2.30. The highest BCUT2D eigenvalue weighted by atomic mass is 32.2. The zero-order valence-electron chi connectivity index (χ0n) is 15.0. The normalized spacial score (nSPS) is 11.1. The summed E-state index contributed by atoms with van der Waals surface area (Å²) in [7, 11) is -3.84. The highest BCUT2D eigenvalue weighted by molar-refractivity contribution is 7.92. The number of hydrogen-bond donors (Lipinski definition) is 2. The maximum Gasteiger partial charge on any atom is 0.261 e. The van der Waals surface area contributed by atoms with Gasteiger partial charge in [0.2, 0.25) is 0 Å². The molecule has 0 bridgehead atoms. The lowest BCUT2D eigenvalue weighted by atomic mass is 10.2. The Balaban J connectivity index is 1.67. The lowest BCUT2D eigenvalue weighted by Gasteiger charge is -2.10. The summed E-state index contributed by atoms with van der Waals surface area (Å²) in [5.74, 6) is -0.792. The van der Waals surface area contributed by atoms with Crippen LogP contribution in [0.1, 0.15) is 21.6 Å². The second-order valence-corrected chi connectivity index (χ2v) is 7.77. The predicted octanol–water partition coefficient (Wildman–Crippen LogP) is 3.26. The van der Waals surface area contributed by atoms with E-state index >= 15 is 0 Å². The Morgan fingerprint density at radius 3 is 2.36 bits per heavy atom. The third kappa shape index (κ3) is 4.72. The molecule has 28 heavy (non-hydrogen) atoms. The van der Waals surface area contributed by atoms with Crippen molar-refractivity contribution in [2.75, 3.05) is 4.72 Å². The van der Waals surface area contributed by atoms with E-state index in [9.17, 15) is 17.6 Å². The number of pyridine rings is 1. The van der Waals surface area contributed by atoms with Crippen LogP contribution in [-0.2, 0) is 16.6 Å². The quantitative estimate of drug-likeness (QED) is 0.666. The Bertz CT molecular complexity index is 1080. The minimum atomic E-state index is -3.84. The van der Waals surface area contributed by atoms with Gasteiger partial charge in [-0.15, -0.1) is 0 Å². The van der Waals surface area contributed by atoms with Gasteiger partial charge in [-0.2, -0.15) is 0 Å². The summed E-state index contributed by atoms with van der Waals surface area (Å²) in [6.45, 7) is 2.18. The number of benzene rings is 2. The lowest BCUT2D eigenvalue weighted by Crippen LogP contribution is -2.24. The second kappa shape index (κ2) is 8.18. The molecule has 0 fully saturated rings. The first-order valence-electron chi connectivity index (χ1n) is 8.42. The minimum absolute atomic E-state index is 0.00561. The van der Waals surface area contributed by atoms with Gasteiger partial charge in [-0.25, -0.2) is 12.8 Å². The van der Waals surface area contributed by atoms with E-state index in [1.54, 1.807) is 6.20 Å². The largest absolute Gasteiger partial charge is 0.346 e. The zero-order valence-corrected chi connectivity index (χ0v) is 15.8. The Labute approximate surface area is 162 Å². The Morgan fingerprint density at radius 2 is 1.71 bits per heavy atom. The van der Waals surface area contributed by atoms with Crippen molar-refractivity contribution < 1.29 is 17.6 Å². The summed E-state index contributed by atoms with van der Waals surface area (Å²) in [6.07, 6.45) is 1.66. The van der Waals surface area contributed by atoms with Gasteiger partial charge >= 0.3 is 0 Å². The molecule has 0 atom stereocenters. The molecule has 0 aliphatic heterocycles. The Hall–Kier alpha value is -3.26. The van der Waals surface area contributed by atoms with E-state index in [2.05, 4.69) is 15.0 Å². The Morgan fingerprint density at radius 1 is 1.04 bits per heavy atom. The first-order valence-corrected chi connectivity index (χ1v) is 9.90. The van der Waals surface area contributed by atoms with Gasteiger partial charge in [-0.3, -0.25) is 14.5 Å². The summed E-state index contributed by atoms with van der Waals surface area (Å²) in [6, 6.07) is 14.2. The third-order valence-corrected chi connectivity index (χ3v) is 5.45. The van der Waals surface area contributed by atoms with Gasteiger partial charge in [0.05, 0.1) is 17.1 Å². The van der Waals surface area contributed by atoms with E-state index < -0.39 is 15.8 Å². The summed E-state index contributed by atoms with van der Waals surface area (Å²) in [5, 5.41) is 2.76. The monoisotopic (exact) mass is 399 g/mol. The van der Waals surface area contributed by atoms with Crippen LogP contribution in [0.15, 0.2) is 71.8 Å². The molecular weight excluding hydrogens is 381 g/mol. The average molecular weight is 399 g/mol. The molecule has 0 radical (unpaired) electrons. The number of nitrogens with zero attached hydrogens (tertiary/aromatic N) is 1. The minimum Gasteiger partial charge on any atom is -0.346 e. The molecule has 2 N–H and O–H groups in total. The van der Waals surface area contributed by atoms with Gasteiger partial charge in [0, 0.05) is 17.4 Å². The maximum absolute atomic E-state index is 12.9. The number of amides is 1. The van der Waals surface area contributed by atoms with Crippen molar-refractivity contribution >= 4 is 21.6 Å². The standard InChI is InChI=1S/C20H18FN3O3S/c1-14-3-2-12-22-19(14)13-23-20(25)15-4-10-18(11-5-15)28(26,27)24-17-8-6-16(21)7-9-17/h2-12,24H,13H2,1H3,(H,23,25). The number of aryl methyl sites for hydroxylation is 1. The van der Waals surface area contributed by atoms with Crippen LogP contribution in [0.5, 0.6) is 0 Å². The van der Waals surface area contributed by atoms with E-state index in [0.29, 0.717) is 5.56 Å². The molecule has 0 spiro atoms. The highest BCUT2D eigenvalue weighted by Crippen LogP contribution is 2.17. The SMILES string of the molecule is Cc1cccnc1CNC(=O)c1ccc(S(=O)(=O)Nc2ccc(F)cc2)cc1. The molecule has 0 unspecified atom stereocenters. The fourth-order valence-corrected chi connectivity index (χ4v) is 3.55. The molecule has 8 heteroatoms. The zero-order chi connectivity index (χ0) is 20.1. The highest BCUT2D eigenvalue weighted by Gasteiger charge is 2.15. The van der Waals surface area contributed by atoms with Gasteiger partial charge in [0.15, 0.2) is 0 Å². The van der Waals surface area contributed by atoms with E-state index in [1.165, 1.54) is 36.4 Å². The molecule has 0 saturated heterocycles. The molecule has 0 aliphatic rings. The van der Waals surface area contributed by atoms with Gasteiger partial charge in [0.1, 0.15) is 5.82 Å². The summed E-state index contributed by atoms with van der Waals surface area (Å²) in [4.78, 5) is 16.5. The molecule has 0 saturated carbocycles. The van der Waals surface area contributed by atoms with Crippen molar-refractivity contribution in [2.45, 2.75) is 18.4 Å². The van der Waals surface area contributed by atoms with E-state index in [-0.39, 0.29) is 23.0 Å². The van der Waals surface area contributed by atoms with Crippen LogP contribution < -0.4 is 10.0 Å². The van der Waals surface area contributed by atoms with Crippen molar-refractivity contribution in [1.29, 1.82) is 0 Å². The topological polar surface area (TPSA) is 88.2 Å². The molecule has 1 amide bonds. The number of carbonyl (C=O) groups excluding carboxylic acids is 1. The van der Waals surface area contributed by atoms with E-state index in [1.807, 2.05) is 19.1 Å². The molecule has 2 aromatic carbocycles. The van der Waals surface area contributed by atoms with Crippen LogP contribution in [-0.4, -0.2) is 19.3 Å². The van der Waals surface area contributed by atoms with Crippen molar-refractivity contribution in [3.63, 3.8) is 0 Å². The number of anilines is 1. The summed E-state index contributed by atoms with van der Waals surface area (Å²) >= 11 is 0. The van der Waals surface area contributed by atoms with Crippen molar-refractivity contribution in [3.8, 4) is 0 Å². The summed E-state index contributed by atoms with van der Waals surface area (Å²) < 4.78 is 40.1. The lowest BCUT2D eigenvalue weighted by molar-refractivity contribution is 0.0950. The van der Waals surface area contributed by atoms with Crippen LogP contribution in [0.2, 0.25) is 0 Å². The van der Waals surface area contributed by atoms with E-state index in [4.69, 9.17) is 0 Å². The first-order chi connectivity index (χ1) is 13.3. The van der Waals surface area contributed by atoms with Gasteiger partial charge in [0.25, 0.3) is 15.9 Å². The molecule has 6 nitrogen and oxygen atoms in total. The Kier molecular flexibility index (Phi) is 5.70. The van der Waals surface area contributed by atoms with Crippen molar-refractivity contribution in [3.05, 3.63) is 89.5 Å². The molecule has 1 heterocycles. The molecule has 1 aromatic heterocycles. The maximum atomic E-state index is 12.9. The van der Waals surface area contributed by atoms with Crippen LogP contribution in [0.3, 0.4) is 0 Å². The molecule has 144 valence electrons. The number of aromatic nitrogens is 1. The predicted molar refractivity (Wildman–Crippen MR) is 104 cm³/mol. The second-order valence-electron chi connectivity index (χ2n) is 6.09.